The third kappa shape index (κ3) is 7.72. The highest BCUT2D eigenvalue weighted by Crippen LogP contribution is 2.38. The molecule has 11 heteroatoms. The van der Waals surface area contributed by atoms with Gasteiger partial charge < -0.3 is 20.1 Å². The summed E-state index contributed by atoms with van der Waals surface area (Å²) in [5.74, 6) is -0.824. The number of hydrogen-bond acceptors (Lipinski definition) is 5. The van der Waals surface area contributed by atoms with Crippen molar-refractivity contribution in [2.75, 3.05) is 0 Å². The Labute approximate surface area is 221 Å². The maximum Gasteiger partial charge on any atom is 0.573 e. The summed E-state index contributed by atoms with van der Waals surface area (Å²) < 4.78 is 86.7. The van der Waals surface area contributed by atoms with E-state index >= 15 is 0 Å². The van der Waals surface area contributed by atoms with Gasteiger partial charge in [-0.1, -0.05) is 43.7 Å². The van der Waals surface area contributed by atoms with Crippen LogP contribution in [0.4, 0.5) is 26.3 Å². The van der Waals surface area contributed by atoms with Crippen LogP contribution in [0.3, 0.4) is 0 Å². The molecular weight excluding hydrogens is 524 g/mol. The van der Waals surface area contributed by atoms with Gasteiger partial charge in [-0.25, -0.2) is 0 Å². The van der Waals surface area contributed by atoms with Gasteiger partial charge >= 0.3 is 12.7 Å². The van der Waals surface area contributed by atoms with E-state index < -0.39 is 29.8 Å². The third-order valence-electron chi connectivity index (χ3n) is 6.26. The summed E-state index contributed by atoms with van der Waals surface area (Å²) in [5, 5.41) is 6.56. The van der Waals surface area contributed by atoms with Crippen LogP contribution in [0.25, 0.3) is 0 Å². The summed E-state index contributed by atoms with van der Waals surface area (Å²) in [7, 11) is 0. The Morgan fingerprint density at radius 1 is 0.949 bits per heavy atom. The van der Waals surface area contributed by atoms with E-state index in [1.807, 2.05) is 0 Å². The molecule has 1 aliphatic rings. The average Bonchev–Trinajstić information content (AvgIpc) is 3.35. The second-order valence-corrected chi connectivity index (χ2v) is 9.13. The standard InChI is InChI=1S/C28H25F6N3O2/c1-19(36-22-10-2-3-11-22)37-26(18-23-12-4-5-15-35-23,20-8-6-13-24(16-20)38-27(29,30)31)21-9-7-14-25(17-21)39-28(32,33)34/h4-6,8-9,12-13,15-17,22,36-37H,1-3,10-11,18H2. The molecule has 1 saturated carbocycles. The van der Waals surface area contributed by atoms with Crippen molar-refractivity contribution in [2.24, 2.45) is 0 Å². The molecule has 0 aliphatic heterocycles. The Morgan fingerprint density at radius 3 is 2.36 bits per heavy atom. The molecule has 0 bridgehead atoms. The molecule has 1 atom stereocenters. The number of hydrogen-bond donors (Lipinski definition) is 2. The highest BCUT2D eigenvalue weighted by atomic mass is 19.4. The predicted molar refractivity (Wildman–Crippen MR) is 130 cm³/mol. The molecule has 0 amide bonds. The number of nitrogens with one attached hydrogen (secondary N) is 2. The van der Waals surface area contributed by atoms with Crippen molar-refractivity contribution in [3.63, 3.8) is 0 Å². The number of rotatable bonds is 10. The molecule has 206 valence electrons. The minimum Gasteiger partial charge on any atom is -0.406 e. The zero-order valence-corrected chi connectivity index (χ0v) is 20.6. The molecule has 0 saturated heterocycles. The highest BCUT2D eigenvalue weighted by Gasteiger charge is 2.39. The molecule has 1 fully saturated rings. The molecule has 4 rings (SSSR count). The first-order valence-electron chi connectivity index (χ1n) is 12.1. The summed E-state index contributed by atoms with van der Waals surface area (Å²) in [6.07, 6.45) is -4.53. The Balaban J connectivity index is 1.86. The van der Waals surface area contributed by atoms with Crippen LogP contribution in [0.15, 0.2) is 73.2 Å². The Hall–Kier alpha value is -4.07. The smallest absolute Gasteiger partial charge is 0.406 e. The maximum atomic E-state index is 13.1. The Bertz CT molecular complexity index is 1200. The van der Waals surface area contributed by atoms with Crippen molar-refractivity contribution in [1.29, 1.82) is 0 Å². The quantitative estimate of drug-likeness (QED) is 0.281. The van der Waals surface area contributed by atoms with Crippen LogP contribution in [0.5, 0.6) is 11.5 Å². The molecule has 1 aliphatic carbocycles. The fourth-order valence-corrected chi connectivity index (χ4v) is 4.73. The summed E-state index contributed by atoms with van der Waals surface area (Å²) in [6.45, 7) is 4.08. The fraction of sp³-hybridized carbons (Fsp3) is 0.321. The zero-order valence-electron chi connectivity index (χ0n) is 20.6. The lowest BCUT2D eigenvalue weighted by Crippen LogP contribution is -2.48. The van der Waals surface area contributed by atoms with Crippen LogP contribution in [-0.2, 0) is 12.0 Å². The van der Waals surface area contributed by atoms with Crippen LogP contribution in [0, 0.1) is 12.1 Å². The number of nitrogens with zero attached hydrogens (tertiary/aromatic N) is 1. The van der Waals surface area contributed by atoms with E-state index in [4.69, 9.17) is 0 Å². The second-order valence-electron chi connectivity index (χ2n) is 9.13. The van der Waals surface area contributed by atoms with Crippen molar-refractivity contribution < 1.29 is 35.8 Å². The number of pyridine rings is 1. The normalized spacial score (nSPS) is 14.4. The minimum absolute atomic E-state index is 0.0119. The second kappa shape index (κ2) is 11.4. The molecule has 5 nitrogen and oxygen atoms in total. The van der Waals surface area contributed by atoms with Gasteiger partial charge in [0, 0.05) is 24.4 Å². The summed E-state index contributed by atoms with van der Waals surface area (Å²) in [5.41, 5.74) is -0.518. The van der Waals surface area contributed by atoms with Gasteiger partial charge in [-0.15, -0.1) is 26.3 Å². The van der Waals surface area contributed by atoms with E-state index in [0.29, 0.717) is 11.5 Å². The van der Waals surface area contributed by atoms with Crippen LogP contribution in [0.1, 0.15) is 42.5 Å². The lowest BCUT2D eigenvalue weighted by atomic mass is 9.79. The lowest BCUT2D eigenvalue weighted by molar-refractivity contribution is -0.275. The molecule has 3 aromatic rings. The molecule has 1 heterocycles. The molecule has 0 radical (unpaired) electrons. The van der Waals surface area contributed by atoms with Crippen molar-refractivity contribution in [2.45, 2.75) is 56.4 Å². The zero-order chi connectivity index (χ0) is 28.1. The number of ether oxygens (including phenoxy) is 2. The van der Waals surface area contributed by atoms with Crippen LogP contribution in [0.2, 0.25) is 0 Å². The van der Waals surface area contributed by atoms with Gasteiger partial charge in [-0.3, -0.25) is 4.98 Å². The van der Waals surface area contributed by atoms with E-state index in [2.05, 4.69) is 43.8 Å². The molecule has 39 heavy (non-hydrogen) atoms. The van der Waals surface area contributed by atoms with Gasteiger partial charge in [-0.05, 0) is 66.4 Å². The van der Waals surface area contributed by atoms with E-state index in [1.54, 1.807) is 24.3 Å². The van der Waals surface area contributed by atoms with Gasteiger partial charge in [0.2, 0.25) is 0 Å². The molecular formula is C28H25F6N3O2. The Morgan fingerprint density at radius 2 is 1.69 bits per heavy atom. The van der Waals surface area contributed by atoms with Gasteiger partial charge in [0.1, 0.15) is 5.75 Å². The van der Waals surface area contributed by atoms with E-state index in [9.17, 15) is 26.3 Å². The van der Waals surface area contributed by atoms with E-state index in [-0.39, 0.29) is 23.6 Å². The van der Waals surface area contributed by atoms with E-state index in [1.165, 1.54) is 24.4 Å². The molecule has 0 spiro atoms. The number of aromatic nitrogens is 1. The van der Waals surface area contributed by atoms with Crippen LogP contribution >= 0.6 is 0 Å². The lowest BCUT2D eigenvalue weighted by Gasteiger charge is -2.38. The van der Waals surface area contributed by atoms with Gasteiger partial charge in [0.15, 0.2) is 5.75 Å². The average molecular weight is 550 g/mol. The predicted octanol–water partition coefficient (Wildman–Crippen LogP) is 6.56. The van der Waals surface area contributed by atoms with Crippen molar-refractivity contribution in [3.8, 4) is 11.5 Å². The number of halogens is 6. The monoisotopic (exact) mass is 549 g/mol. The van der Waals surface area contributed by atoms with Crippen molar-refractivity contribution in [3.05, 3.63) is 102 Å². The number of benzene rings is 1. The largest absolute Gasteiger partial charge is 0.573 e. The Kier molecular flexibility index (Phi) is 8.14. The van der Waals surface area contributed by atoms with Gasteiger partial charge in [0.05, 0.1) is 11.4 Å². The van der Waals surface area contributed by atoms with Crippen LogP contribution < -0.4 is 20.1 Å². The van der Waals surface area contributed by atoms with Gasteiger partial charge in [0.25, 0.3) is 0 Å². The van der Waals surface area contributed by atoms with Gasteiger partial charge in [-0.2, -0.15) is 0 Å². The topological polar surface area (TPSA) is 55.4 Å². The first kappa shape index (κ1) is 28.0. The molecule has 1 unspecified atom stereocenters. The molecule has 1 aromatic heterocycles. The fourth-order valence-electron chi connectivity index (χ4n) is 4.73. The summed E-state index contributed by atoms with van der Waals surface area (Å²) >= 11 is 0. The van der Waals surface area contributed by atoms with Crippen molar-refractivity contribution >= 4 is 0 Å². The van der Waals surface area contributed by atoms with Crippen LogP contribution in [-0.4, -0.2) is 23.8 Å². The molecule has 2 N–H and O–H groups in total. The third-order valence-corrected chi connectivity index (χ3v) is 6.26. The van der Waals surface area contributed by atoms with E-state index in [0.717, 1.165) is 37.8 Å². The minimum atomic E-state index is -4.99. The number of alkyl halides is 6. The SMILES string of the molecule is C=C(NC1CCCC1)NC(Cc1ccccn1)(c1cc#cc(OC(F)(F)F)c1)c1cccc(OC(F)(F)F)c1. The van der Waals surface area contributed by atoms with Crippen molar-refractivity contribution in [1.82, 2.24) is 15.6 Å². The summed E-state index contributed by atoms with van der Waals surface area (Å²) in [4.78, 5) is 4.36. The molecule has 2 aromatic carbocycles. The highest BCUT2D eigenvalue weighted by molar-refractivity contribution is 5.45. The first-order valence-corrected chi connectivity index (χ1v) is 12.1. The maximum absolute atomic E-state index is 13.1. The first-order chi connectivity index (χ1) is 18.4. The summed E-state index contributed by atoms with van der Waals surface area (Å²) in [6, 6.07) is 17.8.